The Morgan fingerprint density at radius 1 is 1.20 bits per heavy atom. The Morgan fingerprint density at radius 3 is 2.43 bits per heavy atom. The van der Waals surface area contributed by atoms with Crippen molar-refractivity contribution in [3.63, 3.8) is 0 Å². The molecule has 1 fully saturated rings. The van der Waals surface area contributed by atoms with E-state index in [0.717, 1.165) is 45.1 Å². The number of nitrogens with one attached hydrogen (secondary N) is 2. The number of guanidine groups is 1. The van der Waals surface area contributed by atoms with E-state index in [1.165, 1.54) is 5.56 Å². The van der Waals surface area contributed by atoms with Crippen molar-refractivity contribution in [1.29, 1.82) is 0 Å². The Labute approximate surface area is 199 Å². The standard InChI is InChI=1S/C23H39N5O.HI/c1-6-24-23(26-20-14-15-28(17-20)22(29)18(4)5)25-16-21(27(7-2)8-3)19-12-10-9-11-13-19;/h9-13,18,20-21H,6-8,14-17H2,1-5H3,(H2,24,25,26);1H. The molecule has 6 nitrogen and oxygen atoms in total. The van der Waals surface area contributed by atoms with Gasteiger partial charge in [-0.15, -0.1) is 24.0 Å². The molecule has 0 saturated carbocycles. The van der Waals surface area contributed by atoms with Crippen molar-refractivity contribution >= 4 is 35.8 Å². The number of aliphatic imine (C=N–C) groups is 1. The quantitative estimate of drug-likeness (QED) is 0.292. The highest BCUT2D eigenvalue weighted by molar-refractivity contribution is 14.0. The van der Waals surface area contributed by atoms with E-state index in [-0.39, 0.29) is 47.9 Å². The maximum atomic E-state index is 12.3. The second kappa shape index (κ2) is 13.9. The van der Waals surface area contributed by atoms with E-state index >= 15 is 0 Å². The van der Waals surface area contributed by atoms with Gasteiger partial charge < -0.3 is 15.5 Å². The minimum absolute atomic E-state index is 0. The minimum Gasteiger partial charge on any atom is -0.357 e. The van der Waals surface area contributed by atoms with Crippen molar-refractivity contribution in [2.75, 3.05) is 39.3 Å². The van der Waals surface area contributed by atoms with Crippen molar-refractivity contribution in [2.45, 2.75) is 53.1 Å². The molecule has 1 aromatic carbocycles. The number of rotatable bonds is 9. The van der Waals surface area contributed by atoms with E-state index in [1.54, 1.807) is 0 Å². The third-order valence-electron chi connectivity index (χ3n) is 5.54. The summed E-state index contributed by atoms with van der Waals surface area (Å²) < 4.78 is 0. The van der Waals surface area contributed by atoms with E-state index < -0.39 is 0 Å². The van der Waals surface area contributed by atoms with Gasteiger partial charge in [-0.1, -0.05) is 58.0 Å². The van der Waals surface area contributed by atoms with E-state index in [9.17, 15) is 4.79 Å². The van der Waals surface area contributed by atoms with Crippen LogP contribution in [0.25, 0.3) is 0 Å². The van der Waals surface area contributed by atoms with E-state index in [2.05, 4.69) is 66.6 Å². The topological polar surface area (TPSA) is 60.0 Å². The van der Waals surface area contributed by atoms with Gasteiger partial charge in [0, 0.05) is 31.6 Å². The maximum absolute atomic E-state index is 12.3. The van der Waals surface area contributed by atoms with Gasteiger partial charge >= 0.3 is 0 Å². The van der Waals surface area contributed by atoms with Crippen LogP contribution in [-0.2, 0) is 4.79 Å². The lowest BCUT2D eigenvalue weighted by atomic mass is 10.1. The summed E-state index contributed by atoms with van der Waals surface area (Å²) in [5.74, 6) is 1.13. The number of carbonyl (C=O) groups is 1. The van der Waals surface area contributed by atoms with Gasteiger partial charge in [0.2, 0.25) is 5.91 Å². The van der Waals surface area contributed by atoms with Gasteiger partial charge in [-0.3, -0.25) is 14.7 Å². The third kappa shape index (κ3) is 7.72. The van der Waals surface area contributed by atoms with Gasteiger partial charge in [0.15, 0.2) is 5.96 Å². The molecule has 1 aliphatic rings. The lowest BCUT2D eigenvalue weighted by Crippen LogP contribution is -2.45. The molecular weight excluding hydrogens is 489 g/mol. The first kappa shape index (κ1) is 26.7. The summed E-state index contributed by atoms with van der Waals surface area (Å²) in [5.41, 5.74) is 1.30. The Hall–Kier alpha value is -1.35. The molecule has 1 aliphatic heterocycles. The Balaban J connectivity index is 0.00000450. The summed E-state index contributed by atoms with van der Waals surface area (Å²) in [4.78, 5) is 21.6. The Morgan fingerprint density at radius 2 is 1.87 bits per heavy atom. The van der Waals surface area contributed by atoms with Gasteiger partial charge in [0.1, 0.15) is 0 Å². The second-order valence-electron chi connectivity index (χ2n) is 7.94. The van der Waals surface area contributed by atoms with Crippen molar-refractivity contribution < 1.29 is 4.79 Å². The number of benzene rings is 1. The van der Waals surface area contributed by atoms with Crippen LogP contribution in [0, 0.1) is 5.92 Å². The molecule has 2 unspecified atom stereocenters. The fraction of sp³-hybridized carbons (Fsp3) is 0.652. The molecule has 0 aromatic heterocycles. The third-order valence-corrected chi connectivity index (χ3v) is 5.54. The molecule has 2 atom stereocenters. The Kier molecular flexibility index (Phi) is 12.3. The van der Waals surface area contributed by atoms with Crippen LogP contribution >= 0.6 is 24.0 Å². The van der Waals surface area contributed by atoms with Crippen molar-refractivity contribution in [3.05, 3.63) is 35.9 Å². The summed E-state index contributed by atoms with van der Waals surface area (Å²) in [7, 11) is 0. The summed E-state index contributed by atoms with van der Waals surface area (Å²) >= 11 is 0. The molecule has 0 spiro atoms. The highest BCUT2D eigenvalue weighted by atomic mass is 127. The normalized spacial score (nSPS) is 17.8. The number of hydrogen-bond donors (Lipinski definition) is 2. The Bertz CT molecular complexity index is 648. The zero-order valence-corrected chi connectivity index (χ0v) is 21.6. The molecular formula is C23H40IN5O. The van der Waals surface area contributed by atoms with Crippen LogP contribution in [0.5, 0.6) is 0 Å². The summed E-state index contributed by atoms with van der Waals surface area (Å²) in [6.45, 7) is 15.5. The number of halogens is 1. The number of likely N-dealkylation sites (tertiary alicyclic amines) is 1. The van der Waals surface area contributed by atoms with Crippen LogP contribution < -0.4 is 10.6 Å². The highest BCUT2D eigenvalue weighted by Crippen LogP contribution is 2.21. The van der Waals surface area contributed by atoms with Crippen LogP contribution in [-0.4, -0.2) is 67.0 Å². The molecule has 0 bridgehead atoms. The zero-order valence-electron chi connectivity index (χ0n) is 19.2. The minimum atomic E-state index is 0. The van der Waals surface area contributed by atoms with E-state index in [0.29, 0.717) is 6.54 Å². The second-order valence-corrected chi connectivity index (χ2v) is 7.94. The molecule has 0 aliphatic carbocycles. The highest BCUT2D eigenvalue weighted by Gasteiger charge is 2.28. The average molecular weight is 530 g/mol. The van der Waals surface area contributed by atoms with Gasteiger partial charge in [-0.25, -0.2) is 0 Å². The summed E-state index contributed by atoms with van der Waals surface area (Å²) in [6.07, 6.45) is 0.959. The molecule has 7 heteroatoms. The predicted octanol–water partition coefficient (Wildman–Crippen LogP) is 3.50. The van der Waals surface area contributed by atoms with Crippen LogP contribution in [0.1, 0.15) is 52.6 Å². The van der Waals surface area contributed by atoms with Crippen molar-refractivity contribution in [1.82, 2.24) is 20.4 Å². The first-order valence-electron chi connectivity index (χ1n) is 11.1. The lowest BCUT2D eigenvalue weighted by Gasteiger charge is -2.29. The number of carbonyl (C=O) groups excluding carboxylic acids is 1. The number of hydrogen-bond acceptors (Lipinski definition) is 3. The molecule has 1 aromatic rings. The molecule has 1 heterocycles. The summed E-state index contributed by atoms with van der Waals surface area (Å²) in [5, 5.41) is 6.92. The maximum Gasteiger partial charge on any atom is 0.225 e. The predicted molar refractivity (Wildman–Crippen MR) is 136 cm³/mol. The molecule has 2 rings (SSSR count). The molecule has 0 radical (unpaired) electrons. The van der Waals surface area contributed by atoms with Gasteiger partial charge in [-0.2, -0.15) is 0 Å². The molecule has 1 amide bonds. The largest absolute Gasteiger partial charge is 0.357 e. The average Bonchev–Trinajstić information content (AvgIpc) is 3.19. The van der Waals surface area contributed by atoms with Gasteiger partial charge in [0.25, 0.3) is 0 Å². The molecule has 170 valence electrons. The lowest BCUT2D eigenvalue weighted by molar-refractivity contribution is -0.133. The van der Waals surface area contributed by atoms with Crippen LogP contribution in [0.2, 0.25) is 0 Å². The van der Waals surface area contributed by atoms with Crippen LogP contribution in [0.3, 0.4) is 0 Å². The fourth-order valence-corrected chi connectivity index (χ4v) is 3.91. The van der Waals surface area contributed by atoms with E-state index in [4.69, 9.17) is 4.99 Å². The number of nitrogens with zero attached hydrogens (tertiary/aromatic N) is 3. The fourth-order valence-electron chi connectivity index (χ4n) is 3.91. The van der Waals surface area contributed by atoms with Crippen molar-refractivity contribution in [3.8, 4) is 0 Å². The van der Waals surface area contributed by atoms with Crippen LogP contribution in [0.4, 0.5) is 0 Å². The monoisotopic (exact) mass is 529 g/mol. The molecule has 1 saturated heterocycles. The molecule has 30 heavy (non-hydrogen) atoms. The summed E-state index contributed by atoms with van der Waals surface area (Å²) in [6, 6.07) is 11.1. The van der Waals surface area contributed by atoms with Crippen LogP contribution in [0.15, 0.2) is 35.3 Å². The van der Waals surface area contributed by atoms with Gasteiger partial charge in [0.05, 0.1) is 12.6 Å². The SMILES string of the molecule is CCNC(=NCC(c1ccccc1)N(CC)CC)NC1CCN(C(=O)C(C)C)C1.I. The first-order valence-corrected chi connectivity index (χ1v) is 11.1. The smallest absolute Gasteiger partial charge is 0.225 e. The zero-order chi connectivity index (χ0) is 21.2. The number of likely N-dealkylation sites (N-methyl/N-ethyl adjacent to an activating group) is 1. The first-order chi connectivity index (χ1) is 14.0. The van der Waals surface area contributed by atoms with Crippen molar-refractivity contribution in [2.24, 2.45) is 10.9 Å². The van der Waals surface area contributed by atoms with E-state index in [1.807, 2.05) is 18.7 Å². The molecule has 2 N–H and O–H groups in total. The number of amides is 1. The van der Waals surface area contributed by atoms with Gasteiger partial charge in [-0.05, 0) is 32.0 Å².